The van der Waals surface area contributed by atoms with E-state index in [-0.39, 0.29) is 12.1 Å². The Morgan fingerprint density at radius 2 is 1.88 bits per heavy atom. The molecule has 90 valence electrons. The predicted molar refractivity (Wildman–Crippen MR) is 65.2 cm³/mol. The SMILES string of the molecule is N#C[C@@H]([C@@H](N)c1ccccc1)N1CCOCC1. The van der Waals surface area contributed by atoms with E-state index in [2.05, 4.69) is 11.0 Å². The third-order valence-corrected chi connectivity index (χ3v) is 3.10. The van der Waals surface area contributed by atoms with Gasteiger partial charge in [-0.2, -0.15) is 5.26 Å². The minimum Gasteiger partial charge on any atom is -0.379 e. The Morgan fingerprint density at radius 3 is 2.47 bits per heavy atom. The summed E-state index contributed by atoms with van der Waals surface area (Å²) in [5.41, 5.74) is 7.18. The number of ether oxygens (including phenoxy) is 1. The molecule has 0 unspecified atom stereocenters. The van der Waals surface area contributed by atoms with Crippen LogP contribution in [-0.2, 0) is 4.74 Å². The zero-order valence-corrected chi connectivity index (χ0v) is 9.75. The summed E-state index contributed by atoms with van der Waals surface area (Å²) in [6.07, 6.45) is 0. The number of benzene rings is 1. The number of nitrogens with zero attached hydrogens (tertiary/aromatic N) is 2. The minimum atomic E-state index is -0.277. The zero-order valence-electron chi connectivity index (χ0n) is 9.75. The fraction of sp³-hybridized carbons (Fsp3) is 0.462. The van der Waals surface area contributed by atoms with Crippen LogP contribution in [-0.4, -0.2) is 37.2 Å². The maximum atomic E-state index is 9.30. The monoisotopic (exact) mass is 231 g/mol. The average molecular weight is 231 g/mol. The number of rotatable bonds is 3. The van der Waals surface area contributed by atoms with Crippen LogP contribution in [0.1, 0.15) is 11.6 Å². The van der Waals surface area contributed by atoms with E-state index in [4.69, 9.17) is 10.5 Å². The molecule has 0 radical (unpaired) electrons. The van der Waals surface area contributed by atoms with Crippen molar-refractivity contribution < 1.29 is 4.74 Å². The van der Waals surface area contributed by atoms with Crippen LogP contribution in [0.2, 0.25) is 0 Å². The van der Waals surface area contributed by atoms with Gasteiger partial charge in [-0.3, -0.25) is 4.90 Å². The molecule has 0 bridgehead atoms. The van der Waals surface area contributed by atoms with Crippen molar-refractivity contribution in [3.05, 3.63) is 35.9 Å². The molecular formula is C13H17N3O. The van der Waals surface area contributed by atoms with Gasteiger partial charge in [0.25, 0.3) is 0 Å². The van der Waals surface area contributed by atoms with Gasteiger partial charge in [0.15, 0.2) is 0 Å². The molecule has 2 rings (SSSR count). The van der Waals surface area contributed by atoms with Crippen molar-refractivity contribution in [1.82, 2.24) is 4.90 Å². The number of nitrogens with two attached hydrogens (primary N) is 1. The van der Waals surface area contributed by atoms with Gasteiger partial charge in [-0.05, 0) is 5.56 Å². The smallest absolute Gasteiger partial charge is 0.117 e. The van der Waals surface area contributed by atoms with Gasteiger partial charge in [0, 0.05) is 13.1 Å². The summed E-state index contributed by atoms with van der Waals surface area (Å²) in [5.74, 6) is 0. The van der Waals surface area contributed by atoms with Crippen LogP contribution in [0.5, 0.6) is 0 Å². The van der Waals surface area contributed by atoms with Crippen molar-refractivity contribution in [3.63, 3.8) is 0 Å². The number of morpholine rings is 1. The summed E-state index contributed by atoms with van der Waals surface area (Å²) in [4.78, 5) is 2.10. The summed E-state index contributed by atoms with van der Waals surface area (Å²) in [7, 11) is 0. The first-order valence-corrected chi connectivity index (χ1v) is 5.85. The van der Waals surface area contributed by atoms with Crippen molar-refractivity contribution in [3.8, 4) is 6.07 Å². The third-order valence-electron chi connectivity index (χ3n) is 3.10. The molecule has 0 aromatic heterocycles. The third kappa shape index (κ3) is 2.83. The number of nitriles is 1. The van der Waals surface area contributed by atoms with Crippen molar-refractivity contribution >= 4 is 0 Å². The quantitative estimate of drug-likeness (QED) is 0.840. The average Bonchev–Trinajstić information content (AvgIpc) is 2.42. The fourth-order valence-corrected chi connectivity index (χ4v) is 2.10. The van der Waals surface area contributed by atoms with Crippen LogP contribution in [0, 0.1) is 11.3 Å². The van der Waals surface area contributed by atoms with Gasteiger partial charge in [0.05, 0.1) is 25.3 Å². The van der Waals surface area contributed by atoms with Crippen LogP contribution >= 0.6 is 0 Å². The van der Waals surface area contributed by atoms with Crippen LogP contribution in [0.25, 0.3) is 0 Å². The molecule has 2 N–H and O–H groups in total. The fourth-order valence-electron chi connectivity index (χ4n) is 2.10. The Kier molecular flexibility index (Phi) is 4.10. The van der Waals surface area contributed by atoms with Crippen molar-refractivity contribution in [2.45, 2.75) is 12.1 Å². The summed E-state index contributed by atoms with van der Waals surface area (Å²) in [6.45, 7) is 2.91. The molecule has 1 aromatic rings. The first kappa shape index (κ1) is 12.1. The van der Waals surface area contributed by atoms with E-state index >= 15 is 0 Å². The first-order chi connectivity index (χ1) is 8.33. The number of hydrogen-bond acceptors (Lipinski definition) is 4. The topological polar surface area (TPSA) is 62.3 Å². The maximum absolute atomic E-state index is 9.30. The predicted octanol–water partition coefficient (Wildman–Crippen LogP) is 0.911. The van der Waals surface area contributed by atoms with Crippen molar-refractivity contribution in [2.24, 2.45) is 5.73 Å². The molecule has 1 fully saturated rings. The molecule has 2 atom stereocenters. The molecule has 0 saturated carbocycles. The van der Waals surface area contributed by atoms with Gasteiger partial charge >= 0.3 is 0 Å². The Balaban J connectivity index is 2.10. The van der Waals surface area contributed by atoms with E-state index in [1.165, 1.54) is 0 Å². The van der Waals surface area contributed by atoms with Gasteiger partial charge < -0.3 is 10.5 Å². The highest BCUT2D eigenvalue weighted by Gasteiger charge is 2.27. The Hall–Kier alpha value is -1.41. The lowest BCUT2D eigenvalue weighted by atomic mass is 9.99. The van der Waals surface area contributed by atoms with Gasteiger partial charge in [-0.1, -0.05) is 30.3 Å². The summed E-state index contributed by atoms with van der Waals surface area (Å²) in [5, 5.41) is 9.30. The lowest BCUT2D eigenvalue weighted by molar-refractivity contribution is 0.0225. The summed E-state index contributed by atoms with van der Waals surface area (Å²) < 4.78 is 5.29. The molecule has 0 aliphatic carbocycles. The Morgan fingerprint density at radius 1 is 1.24 bits per heavy atom. The lowest BCUT2D eigenvalue weighted by Crippen LogP contribution is -2.47. The Bertz CT molecular complexity index is 381. The van der Waals surface area contributed by atoms with Crippen molar-refractivity contribution in [2.75, 3.05) is 26.3 Å². The van der Waals surface area contributed by atoms with E-state index in [1.807, 2.05) is 30.3 Å². The van der Waals surface area contributed by atoms with E-state index in [0.717, 1.165) is 18.7 Å². The molecule has 1 aliphatic heterocycles. The highest BCUT2D eigenvalue weighted by Crippen LogP contribution is 2.19. The van der Waals surface area contributed by atoms with Crippen LogP contribution < -0.4 is 5.73 Å². The second-order valence-electron chi connectivity index (χ2n) is 4.16. The van der Waals surface area contributed by atoms with Crippen LogP contribution in [0.4, 0.5) is 0 Å². The van der Waals surface area contributed by atoms with E-state index in [1.54, 1.807) is 0 Å². The minimum absolute atomic E-state index is 0.265. The second-order valence-corrected chi connectivity index (χ2v) is 4.16. The molecule has 0 amide bonds. The van der Waals surface area contributed by atoms with E-state index in [0.29, 0.717) is 13.2 Å². The zero-order chi connectivity index (χ0) is 12.1. The standard InChI is InChI=1S/C13H17N3O/c14-10-12(16-6-8-17-9-7-16)13(15)11-4-2-1-3-5-11/h1-5,12-13H,6-9,15H2/t12-,13-/m0/s1. The highest BCUT2D eigenvalue weighted by atomic mass is 16.5. The molecule has 1 heterocycles. The first-order valence-electron chi connectivity index (χ1n) is 5.85. The molecular weight excluding hydrogens is 214 g/mol. The lowest BCUT2D eigenvalue weighted by Gasteiger charge is -2.33. The maximum Gasteiger partial charge on any atom is 0.117 e. The second kappa shape index (κ2) is 5.78. The highest BCUT2D eigenvalue weighted by molar-refractivity contribution is 5.22. The van der Waals surface area contributed by atoms with Crippen LogP contribution in [0.3, 0.4) is 0 Å². The molecule has 17 heavy (non-hydrogen) atoms. The van der Waals surface area contributed by atoms with E-state index < -0.39 is 0 Å². The van der Waals surface area contributed by atoms with Gasteiger partial charge in [-0.25, -0.2) is 0 Å². The molecule has 4 nitrogen and oxygen atoms in total. The molecule has 1 aliphatic rings. The molecule has 1 saturated heterocycles. The van der Waals surface area contributed by atoms with Crippen molar-refractivity contribution in [1.29, 1.82) is 5.26 Å². The Labute approximate surface area is 102 Å². The molecule has 4 heteroatoms. The summed E-state index contributed by atoms with van der Waals surface area (Å²) >= 11 is 0. The number of hydrogen-bond donors (Lipinski definition) is 1. The van der Waals surface area contributed by atoms with E-state index in [9.17, 15) is 5.26 Å². The summed E-state index contributed by atoms with van der Waals surface area (Å²) in [6, 6.07) is 11.6. The molecule has 1 aromatic carbocycles. The van der Waals surface area contributed by atoms with Crippen LogP contribution in [0.15, 0.2) is 30.3 Å². The molecule has 0 spiro atoms. The van der Waals surface area contributed by atoms with Gasteiger partial charge in [-0.15, -0.1) is 0 Å². The van der Waals surface area contributed by atoms with Gasteiger partial charge in [0.1, 0.15) is 6.04 Å². The largest absolute Gasteiger partial charge is 0.379 e. The normalized spacial score (nSPS) is 20.5. The van der Waals surface area contributed by atoms with Gasteiger partial charge in [0.2, 0.25) is 0 Å².